The first-order chi connectivity index (χ1) is 20.3. The van der Waals surface area contributed by atoms with Crippen molar-refractivity contribution in [3.63, 3.8) is 0 Å². The van der Waals surface area contributed by atoms with Crippen molar-refractivity contribution in [2.75, 3.05) is 32.8 Å². The highest BCUT2D eigenvalue weighted by molar-refractivity contribution is 6.03. The number of benzene rings is 1. The molecule has 238 valence electrons. The molecule has 0 bridgehead atoms. The van der Waals surface area contributed by atoms with Crippen LogP contribution in [-0.4, -0.2) is 61.8 Å². The number of aromatic carboxylic acids is 1. The number of hydrogen-bond acceptors (Lipinski definition) is 7. The lowest BCUT2D eigenvalue weighted by molar-refractivity contribution is -0.146. The molecular formula is C33H54N2O7. The van der Waals surface area contributed by atoms with Crippen LogP contribution in [0.25, 0.3) is 0 Å². The normalized spacial score (nSPS) is 12.5. The molecule has 3 N–H and O–H groups in total. The van der Waals surface area contributed by atoms with Crippen molar-refractivity contribution in [1.29, 1.82) is 0 Å². The fourth-order valence-electron chi connectivity index (χ4n) is 4.61. The fourth-order valence-corrected chi connectivity index (χ4v) is 4.61. The maximum atomic E-state index is 12.4. The van der Waals surface area contributed by atoms with Gasteiger partial charge < -0.3 is 25.2 Å². The molecule has 1 saturated heterocycles. The number of amides is 1. The van der Waals surface area contributed by atoms with E-state index in [1.54, 1.807) is 19.1 Å². The van der Waals surface area contributed by atoms with Crippen LogP contribution < -0.4 is 10.6 Å². The van der Waals surface area contributed by atoms with Crippen molar-refractivity contribution in [3.8, 4) is 0 Å². The van der Waals surface area contributed by atoms with E-state index in [2.05, 4.69) is 29.2 Å². The lowest BCUT2D eigenvalue weighted by Crippen LogP contribution is -2.48. The third-order valence-corrected chi connectivity index (χ3v) is 7.18. The minimum absolute atomic E-state index is 0.115. The van der Waals surface area contributed by atoms with Crippen molar-refractivity contribution >= 4 is 23.8 Å². The van der Waals surface area contributed by atoms with Crippen molar-refractivity contribution in [1.82, 2.24) is 10.6 Å². The molecule has 42 heavy (non-hydrogen) atoms. The van der Waals surface area contributed by atoms with Crippen molar-refractivity contribution in [3.05, 3.63) is 34.9 Å². The molecule has 0 aromatic heterocycles. The van der Waals surface area contributed by atoms with E-state index in [9.17, 15) is 24.3 Å². The summed E-state index contributed by atoms with van der Waals surface area (Å²) in [5.74, 6) is -1.77. The molecule has 0 aliphatic carbocycles. The summed E-state index contributed by atoms with van der Waals surface area (Å²) in [5.41, 5.74) is 1.03. The average molecular weight is 591 g/mol. The summed E-state index contributed by atoms with van der Waals surface area (Å²) in [6, 6.07) is 5.15. The first-order valence-electron chi connectivity index (χ1n) is 16.0. The summed E-state index contributed by atoms with van der Waals surface area (Å²) in [4.78, 5) is 46.2. The Bertz CT molecular complexity index is 931. The number of aryl methyl sites for hydroxylation is 1. The molecular weight excluding hydrogens is 536 g/mol. The molecule has 0 unspecified atom stereocenters. The molecule has 0 atom stereocenters. The number of carbonyl (C=O) groups is 4. The van der Waals surface area contributed by atoms with Gasteiger partial charge in [0.1, 0.15) is 6.42 Å². The quantitative estimate of drug-likeness (QED) is 0.0892. The van der Waals surface area contributed by atoms with Gasteiger partial charge in [0, 0.05) is 25.6 Å². The standard InChI is InChI=1S/C24H38O4.C9H16N2O3/c1-3-5-7-9-11-13-16-20-17-15-18-21(22(20)23(25)26)24(27)28-19-14-12-10-8-6-4-2;1-2-14-9(13)3-8(12)11-6-7-4-10-5-7/h15,17-18H,3-14,16,19H2,1-2H3,(H,25,26);7,10H,2-6H2,1H3,(H,11,12). The van der Waals surface area contributed by atoms with Gasteiger partial charge in [-0.1, -0.05) is 90.2 Å². The van der Waals surface area contributed by atoms with E-state index in [1.165, 1.54) is 44.9 Å². The minimum Gasteiger partial charge on any atom is -0.478 e. The molecule has 9 nitrogen and oxygen atoms in total. The van der Waals surface area contributed by atoms with Gasteiger partial charge in [0.05, 0.1) is 24.3 Å². The number of ether oxygens (including phenoxy) is 2. The Morgan fingerprint density at radius 3 is 2.05 bits per heavy atom. The molecule has 1 heterocycles. The van der Waals surface area contributed by atoms with Crippen molar-refractivity contribution in [2.45, 2.75) is 111 Å². The van der Waals surface area contributed by atoms with Crippen LogP contribution in [0.3, 0.4) is 0 Å². The second-order valence-corrected chi connectivity index (χ2v) is 10.9. The number of hydrogen-bond donors (Lipinski definition) is 3. The Kier molecular flexibility index (Phi) is 20.8. The highest BCUT2D eigenvalue weighted by Crippen LogP contribution is 2.20. The Hall–Kier alpha value is -2.94. The van der Waals surface area contributed by atoms with E-state index in [0.717, 1.165) is 50.8 Å². The minimum atomic E-state index is -1.05. The lowest BCUT2D eigenvalue weighted by atomic mass is 9.96. The summed E-state index contributed by atoms with van der Waals surface area (Å²) in [6.45, 7) is 9.29. The smallest absolute Gasteiger partial charge is 0.339 e. The summed E-state index contributed by atoms with van der Waals surface area (Å²) < 4.78 is 10.00. The van der Waals surface area contributed by atoms with Gasteiger partial charge in [0.15, 0.2) is 0 Å². The van der Waals surface area contributed by atoms with Crippen LogP contribution in [0, 0.1) is 5.92 Å². The molecule has 9 heteroatoms. The monoisotopic (exact) mass is 590 g/mol. The summed E-state index contributed by atoms with van der Waals surface area (Å²) in [7, 11) is 0. The average Bonchev–Trinajstić information content (AvgIpc) is 2.93. The fraction of sp³-hybridized carbons (Fsp3) is 0.697. The topological polar surface area (TPSA) is 131 Å². The van der Waals surface area contributed by atoms with Gasteiger partial charge in [0.2, 0.25) is 5.91 Å². The highest BCUT2D eigenvalue weighted by Gasteiger charge is 2.21. The third kappa shape index (κ3) is 16.5. The highest BCUT2D eigenvalue weighted by atomic mass is 16.5. The molecule has 1 aromatic rings. The predicted molar refractivity (Wildman–Crippen MR) is 165 cm³/mol. The number of esters is 2. The number of rotatable bonds is 21. The van der Waals surface area contributed by atoms with Gasteiger partial charge in [0.25, 0.3) is 0 Å². The summed E-state index contributed by atoms with van der Waals surface area (Å²) >= 11 is 0. The van der Waals surface area contributed by atoms with Crippen LogP contribution >= 0.6 is 0 Å². The van der Waals surface area contributed by atoms with Crippen molar-refractivity contribution in [2.24, 2.45) is 5.92 Å². The molecule has 0 spiro atoms. The Balaban J connectivity index is 0.000000525. The van der Waals surface area contributed by atoms with E-state index < -0.39 is 17.9 Å². The molecule has 1 amide bonds. The molecule has 2 rings (SSSR count). The van der Waals surface area contributed by atoms with E-state index in [0.29, 0.717) is 32.1 Å². The Morgan fingerprint density at radius 1 is 0.857 bits per heavy atom. The molecule has 0 saturated carbocycles. The van der Waals surface area contributed by atoms with Crippen LogP contribution in [-0.2, 0) is 25.5 Å². The van der Waals surface area contributed by atoms with E-state index in [4.69, 9.17) is 4.74 Å². The van der Waals surface area contributed by atoms with E-state index >= 15 is 0 Å². The zero-order valence-corrected chi connectivity index (χ0v) is 26.1. The predicted octanol–water partition coefficient (Wildman–Crippen LogP) is 6.08. The second-order valence-electron chi connectivity index (χ2n) is 10.9. The van der Waals surface area contributed by atoms with Gasteiger partial charge in [-0.15, -0.1) is 0 Å². The van der Waals surface area contributed by atoms with Crippen LogP contribution in [0.5, 0.6) is 0 Å². The largest absolute Gasteiger partial charge is 0.478 e. The van der Waals surface area contributed by atoms with Crippen molar-refractivity contribution < 1.29 is 33.8 Å². The van der Waals surface area contributed by atoms with Gasteiger partial charge in [-0.2, -0.15) is 0 Å². The summed E-state index contributed by atoms with van der Waals surface area (Å²) in [5, 5.41) is 15.4. The van der Waals surface area contributed by atoms with Crippen LogP contribution in [0.15, 0.2) is 18.2 Å². The maximum absolute atomic E-state index is 12.4. The van der Waals surface area contributed by atoms with E-state index in [1.807, 2.05) is 6.07 Å². The van der Waals surface area contributed by atoms with Crippen LogP contribution in [0.4, 0.5) is 0 Å². The molecule has 0 radical (unpaired) electrons. The SMILES string of the molecule is CCCCCCCCOC(=O)c1cccc(CCCCCCCC)c1C(=O)O.CCOC(=O)CC(=O)NCC1CNC1. The number of nitrogens with one attached hydrogen (secondary N) is 2. The van der Waals surface area contributed by atoms with Gasteiger partial charge in [-0.3, -0.25) is 9.59 Å². The van der Waals surface area contributed by atoms with Crippen LogP contribution in [0.2, 0.25) is 0 Å². The number of unbranched alkanes of at least 4 members (excludes halogenated alkanes) is 10. The molecule has 1 aliphatic rings. The third-order valence-electron chi connectivity index (χ3n) is 7.18. The van der Waals surface area contributed by atoms with E-state index in [-0.39, 0.29) is 23.5 Å². The number of carboxylic acid groups (broad SMARTS) is 1. The van der Waals surface area contributed by atoms with Gasteiger partial charge in [-0.05, 0) is 37.8 Å². The number of carboxylic acids is 1. The Labute approximate surface area is 252 Å². The van der Waals surface area contributed by atoms with Gasteiger partial charge in [-0.25, -0.2) is 9.59 Å². The number of carbonyl (C=O) groups excluding carboxylic acids is 3. The molecule has 1 fully saturated rings. The summed E-state index contributed by atoms with van der Waals surface area (Å²) in [6.07, 6.45) is 14.1. The zero-order valence-electron chi connectivity index (χ0n) is 26.1. The van der Waals surface area contributed by atoms with Gasteiger partial charge >= 0.3 is 17.9 Å². The first kappa shape index (κ1) is 37.1. The lowest BCUT2D eigenvalue weighted by Gasteiger charge is -2.26. The Morgan fingerprint density at radius 2 is 1.48 bits per heavy atom. The second kappa shape index (κ2) is 23.6. The maximum Gasteiger partial charge on any atom is 0.339 e. The first-order valence-corrected chi connectivity index (χ1v) is 16.0. The van der Waals surface area contributed by atoms with Crippen LogP contribution in [0.1, 0.15) is 131 Å². The molecule has 1 aromatic carbocycles. The molecule has 1 aliphatic heterocycles. The zero-order chi connectivity index (χ0) is 31.0.